The zero-order chi connectivity index (χ0) is 11.7. The fourth-order valence-corrected chi connectivity index (χ4v) is 2.54. The lowest BCUT2D eigenvalue weighted by Crippen LogP contribution is -2.18. The second kappa shape index (κ2) is 4.31. The van der Waals surface area contributed by atoms with Gasteiger partial charge in [0.25, 0.3) is 0 Å². The Labute approximate surface area is 101 Å². The Bertz CT molecular complexity index is 484. The molecule has 0 saturated heterocycles. The van der Waals surface area contributed by atoms with Gasteiger partial charge in [-0.25, -0.2) is 4.79 Å². The summed E-state index contributed by atoms with van der Waals surface area (Å²) in [7, 11) is 0. The predicted molar refractivity (Wildman–Crippen MR) is 61.7 cm³/mol. The van der Waals surface area contributed by atoms with E-state index in [0.717, 1.165) is 11.0 Å². The van der Waals surface area contributed by atoms with Gasteiger partial charge >= 0.3 is 5.97 Å². The van der Waals surface area contributed by atoms with Crippen molar-refractivity contribution in [3.63, 3.8) is 0 Å². The zero-order valence-corrected chi connectivity index (χ0v) is 9.68. The van der Waals surface area contributed by atoms with Crippen LogP contribution in [0.25, 0.3) is 0 Å². The van der Waals surface area contributed by atoms with Crippen LogP contribution in [0, 0.1) is 0 Å². The lowest BCUT2D eigenvalue weighted by Gasteiger charge is -2.06. The Morgan fingerprint density at radius 3 is 3.00 bits per heavy atom. The number of carbonyl (C=O) groups is 2. The van der Waals surface area contributed by atoms with Gasteiger partial charge in [0.2, 0.25) is 11.2 Å². The summed E-state index contributed by atoms with van der Waals surface area (Å²) < 4.78 is 4.91. The van der Waals surface area contributed by atoms with Crippen molar-refractivity contribution in [3.05, 3.63) is 41.4 Å². The third kappa shape index (κ3) is 1.99. The molecule has 5 heteroatoms. The number of benzene rings is 1. The van der Waals surface area contributed by atoms with Gasteiger partial charge in [0, 0.05) is 21.6 Å². The molecule has 1 unspecified atom stereocenters. The van der Waals surface area contributed by atoms with E-state index in [0.29, 0.717) is 10.6 Å². The maximum atomic E-state index is 11.8. The van der Waals surface area contributed by atoms with Gasteiger partial charge in [-0.3, -0.25) is 4.79 Å². The van der Waals surface area contributed by atoms with E-state index in [9.17, 15) is 9.59 Å². The molecule has 3 nitrogen and oxygen atoms in total. The molecular weight excluding hydrogens is 248 g/mol. The summed E-state index contributed by atoms with van der Waals surface area (Å²) in [5, 5.41) is 0.489. The highest BCUT2D eigenvalue weighted by molar-refractivity contribution is 8.01. The second-order valence-electron chi connectivity index (χ2n) is 3.10. The van der Waals surface area contributed by atoms with Crippen molar-refractivity contribution in [1.29, 1.82) is 0 Å². The number of carbonyl (C=O) groups excluding carboxylic acids is 2. The fraction of sp³-hybridized carbons (Fsp3) is 0.0909. The van der Waals surface area contributed by atoms with Gasteiger partial charge in [0.15, 0.2) is 0 Å². The first-order valence-corrected chi connectivity index (χ1v) is 5.71. The monoisotopic (exact) mass is 254 g/mol. The van der Waals surface area contributed by atoms with Gasteiger partial charge in [-0.2, -0.15) is 0 Å². The first-order chi connectivity index (χ1) is 7.61. The summed E-state index contributed by atoms with van der Waals surface area (Å²) in [5.74, 6) is -0.845. The van der Waals surface area contributed by atoms with Crippen molar-refractivity contribution < 1.29 is 14.3 Å². The molecule has 0 radical (unpaired) electrons. The number of fused-ring (bicyclic) bond motifs is 1. The van der Waals surface area contributed by atoms with Crippen molar-refractivity contribution in [2.75, 3.05) is 0 Å². The third-order valence-corrected chi connectivity index (χ3v) is 3.41. The van der Waals surface area contributed by atoms with E-state index in [1.807, 2.05) is 0 Å². The Morgan fingerprint density at radius 1 is 1.56 bits per heavy atom. The molecule has 1 aromatic rings. The Morgan fingerprint density at radius 2 is 2.31 bits per heavy atom. The number of esters is 1. The van der Waals surface area contributed by atoms with Crippen molar-refractivity contribution in [3.8, 4) is 0 Å². The Hall–Kier alpha value is -1.26. The molecule has 1 heterocycles. The molecule has 1 aliphatic heterocycles. The van der Waals surface area contributed by atoms with Crippen LogP contribution in [-0.4, -0.2) is 17.2 Å². The molecule has 16 heavy (non-hydrogen) atoms. The highest BCUT2D eigenvalue weighted by atomic mass is 35.5. The van der Waals surface area contributed by atoms with Gasteiger partial charge in [-0.1, -0.05) is 29.9 Å². The number of thioether (sulfide) groups is 1. The van der Waals surface area contributed by atoms with E-state index in [2.05, 4.69) is 6.58 Å². The average molecular weight is 255 g/mol. The van der Waals surface area contributed by atoms with Gasteiger partial charge in [0.1, 0.15) is 0 Å². The summed E-state index contributed by atoms with van der Waals surface area (Å²) in [6.45, 7) is 3.27. The number of hydrogen-bond acceptors (Lipinski definition) is 4. The summed E-state index contributed by atoms with van der Waals surface area (Å²) in [6.07, 6.45) is 1.03. The van der Waals surface area contributed by atoms with Gasteiger partial charge < -0.3 is 4.74 Å². The first kappa shape index (κ1) is 11.2. The lowest BCUT2D eigenvalue weighted by atomic mass is 10.1. The van der Waals surface area contributed by atoms with Gasteiger partial charge in [-0.05, 0) is 18.2 Å². The normalized spacial score (nSPS) is 18.1. The van der Waals surface area contributed by atoms with E-state index < -0.39 is 11.4 Å². The fourth-order valence-electron chi connectivity index (χ4n) is 1.32. The largest absolute Gasteiger partial charge is 0.439 e. The van der Waals surface area contributed by atoms with E-state index in [1.54, 1.807) is 18.2 Å². The van der Waals surface area contributed by atoms with Crippen LogP contribution in [0.5, 0.6) is 0 Å². The first-order valence-electron chi connectivity index (χ1n) is 4.45. The minimum Gasteiger partial charge on any atom is -0.439 e. The topological polar surface area (TPSA) is 43.4 Å². The molecule has 2 rings (SSSR count). The number of Topliss-reactive ketones (excluding diaryl/α,β-unsaturated/α-hetero) is 1. The zero-order valence-electron chi connectivity index (χ0n) is 8.10. The molecule has 1 aliphatic rings. The number of ketones is 1. The molecule has 0 N–H and O–H groups in total. The molecule has 0 aliphatic carbocycles. The minimum atomic E-state index is -0.820. The smallest absolute Gasteiger partial charge is 0.331 e. The van der Waals surface area contributed by atoms with Crippen molar-refractivity contribution in [2.45, 2.75) is 10.3 Å². The molecule has 0 bridgehead atoms. The van der Waals surface area contributed by atoms with E-state index in [1.165, 1.54) is 11.8 Å². The summed E-state index contributed by atoms with van der Waals surface area (Å²) in [6, 6.07) is 5.01. The maximum absolute atomic E-state index is 11.8. The molecule has 0 saturated carbocycles. The summed E-state index contributed by atoms with van der Waals surface area (Å²) in [5.41, 5.74) is -0.321. The molecular formula is C11H7ClO3S. The Balaban J connectivity index is 2.24. The third-order valence-electron chi connectivity index (χ3n) is 2.05. The van der Waals surface area contributed by atoms with Crippen LogP contribution in [-0.2, 0) is 9.53 Å². The highest BCUT2D eigenvalue weighted by Crippen LogP contribution is 2.38. The maximum Gasteiger partial charge on any atom is 0.331 e. The van der Waals surface area contributed by atoms with E-state index >= 15 is 0 Å². The summed E-state index contributed by atoms with van der Waals surface area (Å²) in [4.78, 5) is 23.6. The van der Waals surface area contributed by atoms with Crippen LogP contribution in [0.1, 0.15) is 10.4 Å². The summed E-state index contributed by atoms with van der Waals surface area (Å²) >= 11 is 6.98. The number of ether oxygens (including phenoxy) is 1. The van der Waals surface area contributed by atoms with Gasteiger partial charge in [0.05, 0.1) is 0 Å². The minimum absolute atomic E-state index is 0.238. The molecule has 0 amide bonds. The van der Waals surface area contributed by atoms with Crippen molar-refractivity contribution in [1.82, 2.24) is 0 Å². The van der Waals surface area contributed by atoms with Crippen LogP contribution in [0.3, 0.4) is 0 Å². The number of hydrogen-bond donors (Lipinski definition) is 0. The molecule has 1 aromatic carbocycles. The average Bonchev–Trinajstić information content (AvgIpc) is 2.56. The standard InChI is InChI=1S/C11H7ClO3S/c1-2-9(13)15-11-10(14)7-5-6(12)3-4-8(7)16-11/h2-5,11H,1H2. The number of halogens is 1. The van der Waals surface area contributed by atoms with E-state index in [-0.39, 0.29) is 5.78 Å². The molecule has 1 atom stereocenters. The molecule has 0 fully saturated rings. The molecule has 0 aromatic heterocycles. The van der Waals surface area contributed by atoms with Crippen LogP contribution in [0.4, 0.5) is 0 Å². The second-order valence-corrected chi connectivity index (χ2v) is 4.64. The lowest BCUT2D eigenvalue weighted by molar-refractivity contribution is -0.137. The number of rotatable bonds is 2. The Kier molecular flexibility index (Phi) is 3.03. The van der Waals surface area contributed by atoms with Gasteiger partial charge in [-0.15, -0.1) is 0 Å². The van der Waals surface area contributed by atoms with E-state index in [4.69, 9.17) is 16.3 Å². The SMILES string of the molecule is C=CC(=O)OC1Sc2ccc(Cl)cc2C1=O. The predicted octanol–water partition coefficient (Wildman–Crippen LogP) is 2.68. The quantitative estimate of drug-likeness (QED) is 0.601. The molecule has 0 spiro atoms. The van der Waals surface area contributed by atoms with Crippen molar-refractivity contribution >= 4 is 35.1 Å². The van der Waals surface area contributed by atoms with Crippen LogP contribution in [0.15, 0.2) is 35.7 Å². The molecule has 82 valence electrons. The van der Waals surface area contributed by atoms with Crippen LogP contribution in [0.2, 0.25) is 5.02 Å². The van der Waals surface area contributed by atoms with Crippen LogP contribution >= 0.6 is 23.4 Å². The highest BCUT2D eigenvalue weighted by Gasteiger charge is 2.34. The van der Waals surface area contributed by atoms with Crippen molar-refractivity contribution in [2.24, 2.45) is 0 Å². The van der Waals surface area contributed by atoms with Crippen LogP contribution < -0.4 is 0 Å².